The molecule has 0 bridgehead atoms. The van der Waals surface area contributed by atoms with E-state index < -0.39 is 22.0 Å². The number of halogens is 2. The van der Waals surface area contributed by atoms with Gasteiger partial charge in [-0.3, -0.25) is 4.90 Å². The molecule has 4 heterocycles. The number of carboxylic acid groups (broad SMARTS) is 1. The molecule has 0 aliphatic carbocycles. The van der Waals surface area contributed by atoms with E-state index in [0.717, 1.165) is 57.6 Å². The molecule has 1 N–H and O–H groups in total. The molecule has 2 fully saturated rings. The van der Waals surface area contributed by atoms with Crippen LogP contribution in [0.2, 0.25) is 0 Å². The van der Waals surface area contributed by atoms with Crippen LogP contribution in [0.1, 0.15) is 32.2 Å². The smallest absolute Gasteiger partial charge is 0.379 e. The summed E-state index contributed by atoms with van der Waals surface area (Å²) in [4.78, 5) is 32.2. The van der Waals surface area contributed by atoms with Crippen LogP contribution in [0.3, 0.4) is 0 Å². The Morgan fingerprint density at radius 2 is 1.30 bits per heavy atom. The van der Waals surface area contributed by atoms with Gasteiger partial charge in [-0.05, 0) is 80.2 Å². The van der Waals surface area contributed by atoms with Crippen molar-refractivity contribution < 1.29 is 36.7 Å². The molecule has 2 aliphatic rings. The monoisotopic (exact) mass is 916 g/mol. The molecule has 0 radical (unpaired) electrons. The summed E-state index contributed by atoms with van der Waals surface area (Å²) in [5, 5.41) is 10.8. The first-order valence-corrected chi connectivity index (χ1v) is 21.4. The summed E-state index contributed by atoms with van der Waals surface area (Å²) in [6.07, 6.45) is 2.29. The van der Waals surface area contributed by atoms with Crippen molar-refractivity contribution in [1.29, 1.82) is 0 Å². The summed E-state index contributed by atoms with van der Waals surface area (Å²) in [6.45, 7) is 9.08. The average Bonchev–Trinajstić information content (AvgIpc) is 3.87. The third kappa shape index (κ3) is 7.74. The number of piperazine rings is 2. The quantitative estimate of drug-likeness (QED) is 0.0766. The second kappa shape index (κ2) is 16.1. The number of hydrogen-bond donors (Lipinski definition) is 1. The zero-order valence-electron chi connectivity index (χ0n) is 30.7. The highest BCUT2D eigenvalue weighted by atomic mass is 79.9. The molecular formula is C42H38Br2N4O8S. The lowest BCUT2D eigenvalue weighted by Gasteiger charge is -2.36. The van der Waals surface area contributed by atoms with Gasteiger partial charge < -0.3 is 28.5 Å². The maximum Gasteiger partial charge on any atom is 0.379 e. The Morgan fingerprint density at radius 1 is 0.737 bits per heavy atom. The number of fused-ring (bicyclic) bond motifs is 2. The van der Waals surface area contributed by atoms with Crippen LogP contribution < -0.4 is 14.5 Å². The number of sulfonamides is 1. The van der Waals surface area contributed by atoms with Crippen molar-refractivity contribution in [2.24, 2.45) is 0 Å². The van der Waals surface area contributed by atoms with Gasteiger partial charge in [0.25, 0.3) is 0 Å². The second-order valence-corrected chi connectivity index (χ2v) is 17.4. The molecule has 57 heavy (non-hydrogen) atoms. The molecule has 0 saturated carbocycles. The summed E-state index contributed by atoms with van der Waals surface area (Å²) in [7, 11) is -3.58. The molecule has 2 saturated heterocycles. The minimum Gasteiger partial charge on any atom is -0.475 e. The van der Waals surface area contributed by atoms with Crippen LogP contribution in [0.4, 0.5) is 11.4 Å². The molecule has 294 valence electrons. The highest BCUT2D eigenvalue weighted by Crippen LogP contribution is 2.39. The number of carboxylic acids is 1. The van der Waals surface area contributed by atoms with Crippen LogP contribution >= 0.6 is 31.9 Å². The standard InChI is InChI=1S/C42H38Br2N4O8S/c1-2-7-27-8-6-9-28(26-45-16-18-46(19-17-45)32-12-14-34-30(38(32)43)24-36(54-34)41(49)50)40(27)56-42(51)37-25-31-35(55-37)15-13-33(39(31)44)47-20-22-48(23-21-47)57(52,53)29-10-4-3-5-11-29/h2-6,8-15,24-25H,1,7,16-23,26H2,(H,49,50). The highest BCUT2D eigenvalue weighted by Gasteiger charge is 2.30. The first kappa shape index (κ1) is 38.9. The van der Waals surface area contributed by atoms with E-state index in [1.165, 1.54) is 10.4 Å². The number of carbonyl (C=O) groups is 2. The molecule has 6 aromatic rings. The van der Waals surface area contributed by atoms with Crippen molar-refractivity contribution >= 4 is 87.1 Å². The van der Waals surface area contributed by atoms with Crippen LogP contribution in [0.5, 0.6) is 5.75 Å². The Kier molecular flexibility index (Phi) is 11.0. The van der Waals surface area contributed by atoms with Crippen molar-refractivity contribution in [1.82, 2.24) is 9.21 Å². The Bertz CT molecular complexity index is 2610. The summed E-state index contributed by atoms with van der Waals surface area (Å²) >= 11 is 7.42. The van der Waals surface area contributed by atoms with Gasteiger partial charge in [0.05, 0.1) is 25.2 Å². The molecule has 0 spiro atoms. The third-order valence-electron chi connectivity index (χ3n) is 10.4. The second-order valence-electron chi connectivity index (χ2n) is 13.9. The minimum absolute atomic E-state index is 0.0604. The maximum atomic E-state index is 13.8. The zero-order valence-corrected chi connectivity index (χ0v) is 34.7. The molecule has 0 atom stereocenters. The summed E-state index contributed by atoms with van der Waals surface area (Å²) in [6, 6.07) is 25.0. The number of furan rings is 2. The third-order valence-corrected chi connectivity index (χ3v) is 14.0. The lowest BCUT2D eigenvalue weighted by molar-refractivity contribution is 0.0662. The molecule has 15 heteroatoms. The van der Waals surface area contributed by atoms with E-state index >= 15 is 0 Å². The highest BCUT2D eigenvalue weighted by molar-refractivity contribution is 9.11. The van der Waals surface area contributed by atoms with E-state index in [0.29, 0.717) is 66.8 Å². The zero-order chi connectivity index (χ0) is 39.8. The molecule has 4 aromatic carbocycles. The van der Waals surface area contributed by atoms with Crippen molar-refractivity contribution in [3.63, 3.8) is 0 Å². The van der Waals surface area contributed by atoms with E-state index in [4.69, 9.17) is 13.6 Å². The predicted octanol–water partition coefficient (Wildman–Crippen LogP) is 8.18. The number of nitrogens with zero attached hydrogens (tertiary/aromatic N) is 4. The lowest BCUT2D eigenvalue weighted by Crippen LogP contribution is -2.48. The fourth-order valence-electron chi connectivity index (χ4n) is 7.48. The van der Waals surface area contributed by atoms with Gasteiger partial charge in [0.2, 0.25) is 21.5 Å². The Balaban J connectivity index is 0.952. The van der Waals surface area contributed by atoms with Gasteiger partial charge >= 0.3 is 11.9 Å². The predicted molar refractivity (Wildman–Crippen MR) is 225 cm³/mol. The van der Waals surface area contributed by atoms with Crippen molar-refractivity contribution in [2.75, 3.05) is 62.2 Å². The maximum absolute atomic E-state index is 13.8. The van der Waals surface area contributed by atoms with Gasteiger partial charge in [-0.1, -0.05) is 42.5 Å². The number of aromatic carboxylic acids is 1. The van der Waals surface area contributed by atoms with Crippen LogP contribution in [-0.4, -0.2) is 87.0 Å². The molecule has 0 unspecified atom stereocenters. The van der Waals surface area contributed by atoms with Gasteiger partial charge in [-0.25, -0.2) is 18.0 Å². The molecule has 12 nitrogen and oxygen atoms in total. The fourth-order valence-corrected chi connectivity index (χ4v) is 10.3. The number of para-hydroxylation sites is 1. The Morgan fingerprint density at radius 3 is 1.89 bits per heavy atom. The Labute approximate surface area is 346 Å². The van der Waals surface area contributed by atoms with Crippen LogP contribution in [-0.2, 0) is 23.0 Å². The van der Waals surface area contributed by atoms with E-state index in [9.17, 15) is 23.1 Å². The number of anilines is 2. The number of carbonyl (C=O) groups excluding carboxylic acids is 1. The normalized spacial score (nSPS) is 15.7. The summed E-state index contributed by atoms with van der Waals surface area (Å²) < 4.78 is 47.1. The van der Waals surface area contributed by atoms with Gasteiger partial charge in [0.1, 0.15) is 16.9 Å². The van der Waals surface area contributed by atoms with Crippen LogP contribution in [0, 0.1) is 0 Å². The van der Waals surface area contributed by atoms with E-state index in [1.54, 1.807) is 48.5 Å². The van der Waals surface area contributed by atoms with Crippen LogP contribution in [0.25, 0.3) is 21.9 Å². The number of esters is 1. The van der Waals surface area contributed by atoms with E-state index in [2.05, 4.69) is 53.1 Å². The number of benzene rings is 4. The van der Waals surface area contributed by atoms with Crippen molar-refractivity contribution in [3.8, 4) is 5.75 Å². The number of ether oxygens (including phenoxy) is 1. The van der Waals surface area contributed by atoms with Gasteiger partial charge in [0, 0.05) is 87.4 Å². The SMILES string of the molecule is C=CCc1cccc(CN2CCN(c3ccc4oc(C(=O)O)cc4c3Br)CC2)c1OC(=O)c1cc2c(Br)c(N3CCN(S(=O)(=O)c4ccccc4)CC3)ccc2o1. The number of hydrogen-bond acceptors (Lipinski definition) is 10. The fraction of sp³-hybridized carbons (Fsp3) is 0.238. The molecular weight excluding hydrogens is 880 g/mol. The van der Waals surface area contributed by atoms with E-state index in [1.807, 2.05) is 36.4 Å². The lowest BCUT2D eigenvalue weighted by atomic mass is 10.0. The first-order chi connectivity index (χ1) is 27.5. The van der Waals surface area contributed by atoms with Crippen LogP contribution in [0.15, 0.2) is 120 Å². The number of rotatable bonds is 11. The van der Waals surface area contributed by atoms with Crippen molar-refractivity contribution in [3.05, 3.63) is 129 Å². The summed E-state index contributed by atoms with van der Waals surface area (Å²) in [5.41, 5.74) is 4.56. The first-order valence-electron chi connectivity index (χ1n) is 18.4. The average molecular weight is 919 g/mol. The molecule has 0 amide bonds. The van der Waals surface area contributed by atoms with Crippen molar-refractivity contribution in [2.45, 2.75) is 17.9 Å². The number of allylic oxidation sites excluding steroid dienone is 1. The largest absolute Gasteiger partial charge is 0.475 e. The van der Waals surface area contributed by atoms with Gasteiger partial charge in [-0.15, -0.1) is 6.58 Å². The topological polar surface area (TPSA) is 137 Å². The Hall–Kier alpha value is -4.93. The summed E-state index contributed by atoms with van der Waals surface area (Å²) in [5.74, 6) is -1.29. The minimum atomic E-state index is -3.58. The van der Waals surface area contributed by atoms with Gasteiger partial charge in [-0.2, -0.15) is 4.31 Å². The molecule has 2 aromatic heterocycles. The van der Waals surface area contributed by atoms with E-state index in [-0.39, 0.29) is 16.4 Å². The van der Waals surface area contributed by atoms with Gasteiger partial charge in [0.15, 0.2) is 0 Å². The molecule has 8 rings (SSSR count). The molecule has 2 aliphatic heterocycles.